The summed E-state index contributed by atoms with van der Waals surface area (Å²) in [5, 5.41) is 20.2. The Bertz CT molecular complexity index is 1320. The average molecular weight is 680 g/mol. The van der Waals surface area contributed by atoms with E-state index in [0.717, 1.165) is 29.2 Å². The van der Waals surface area contributed by atoms with Gasteiger partial charge in [0.15, 0.2) is 5.13 Å². The molecule has 0 saturated carbocycles. The van der Waals surface area contributed by atoms with Gasteiger partial charge in [0.2, 0.25) is 0 Å². The summed E-state index contributed by atoms with van der Waals surface area (Å²) in [6, 6.07) is 19.0. The van der Waals surface area contributed by atoms with Crippen molar-refractivity contribution >= 4 is 79.5 Å². The van der Waals surface area contributed by atoms with E-state index in [2.05, 4.69) is 85.1 Å². The largest absolute Gasteiger partial charge is 0.506 e. The van der Waals surface area contributed by atoms with Crippen molar-refractivity contribution < 1.29 is 9.90 Å². The number of carbonyl (C=O) groups is 1. The van der Waals surface area contributed by atoms with Crippen LogP contribution in [0.3, 0.4) is 0 Å². The fourth-order valence-electron chi connectivity index (χ4n) is 2.93. The Morgan fingerprint density at radius 1 is 1.09 bits per heavy atom. The number of hydrogen-bond donors (Lipinski definition) is 3. The minimum atomic E-state index is -0.336. The smallest absolute Gasteiger partial charge is 0.271 e. The molecule has 0 aliphatic rings. The molecule has 6 nitrogen and oxygen atoms in total. The first-order valence-corrected chi connectivity index (χ1v) is 12.8. The van der Waals surface area contributed by atoms with Crippen LogP contribution in [0, 0.1) is 14.1 Å². The van der Waals surface area contributed by atoms with Gasteiger partial charge in [0, 0.05) is 31.3 Å². The molecule has 3 N–H and O–H groups in total. The lowest BCUT2D eigenvalue weighted by molar-refractivity contribution is 0.0955. The highest BCUT2D eigenvalue weighted by Gasteiger charge is 2.09. The first-order chi connectivity index (χ1) is 15.9. The van der Waals surface area contributed by atoms with Gasteiger partial charge in [-0.15, -0.1) is 11.3 Å². The number of hydrazone groups is 1. The second kappa shape index (κ2) is 10.6. The van der Waals surface area contributed by atoms with Gasteiger partial charge in [-0.2, -0.15) is 5.10 Å². The van der Waals surface area contributed by atoms with Crippen LogP contribution < -0.4 is 10.7 Å². The van der Waals surface area contributed by atoms with Gasteiger partial charge in [-0.1, -0.05) is 29.8 Å². The Morgan fingerprint density at radius 3 is 2.55 bits per heavy atom. The first-order valence-electron chi connectivity index (χ1n) is 9.80. The molecule has 0 aliphatic heterocycles. The summed E-state index contributed by atoms with van der Waals surface area (Å²) in [7, 11) is 0. The third kappa shape index (κ3) is 6.09. The zero-order valence-electron chi connectivity index (χ0n) is 17.3. The molecule has 0 saturated heterocycles. The van der Waals surface area contributed by atoms with Crippen molar-refractivity contribution in [1.29, 1.82) is 0 Å². The van der Waals surface area contributed by atoms with Crippen molar-refractivity contribution in [2.24, 2.45) is 5.10 Å². The molecule has 4 aromatic rings. The average Bonchev–Trinajstić information content (AvgIpc) is 3.27. The van der Waals surface area contributed by atoms with Crippen molar-refractivity contribution in [3.63, 3.8) is 0 Å². The van der Waals surface area contributed by atoms with E-state index in [9.17, 15) is 9.90 Å². The summed E-state index contributed by atoms with van der Waals surface area (Å²) < 4.78 is 1.69. The second-order valence-electron chi connectivity index (χ2n) is 7.13. The third-order valence-electron chi connectivity index (χ3n) is 4.68. The second-order valence-corrected chi connectivity index (χ2v) is 10.4. The van der Waals surface area contributed by atoms with E-state index in [4.69, 9.17) is 0 Å². The standard InChI is InChI=1S/C24H18I2N4O2S/c1-14-2-8-19(9-3-14)28-24-29-21(13-33-24)15-4-6-16(7-5-15)23(32)30-27-12-17-10-18(25)11-20(26)22(17)31/h2-13,31H,1H3,(H,28,29)(H,30,32)/b27-12-. The van der Waals surface area contributed by atoms with Gasteiger partial charge in [-0.05, 0) is 88.5 Å². The van der Waals surface area contributed by atoms with Crippen molar-refractivity contribution in [3.05, 3.63) is 89.9 Å². The molecular formula is C24H18I2N4O2S. The molecule has 33 heavy (non-hydrogen) atoms. The molecule has 4 rings (SSSR count). The molecular weight excluding hydrogens is 662 g/mol. The van der Waals surface area contributed by atoms with Crippen LogP contribution in [0.2, 0.25) is 0 Å². The number of anilines is 2. The fourth-order valence-corrected chi connectivity index (χ4v) is 5.56. The normalized spacial score (nSPS) is 11.0. The van der Waals surface area contributed by atoms with Crippen molar-refractivity contribution in [3.8, 4) is 17.0 Å². The molecule has 3 aromatic carbocycles. The van der Waals surface area contributed by atoms with Crippen LogP contribution in [0.25, 0.3) is 11.3 Å². The number of nitrogens with one attached hydrogen (secondary N) is 2. The summed E-state index contributed by atoms with van der Waals surface area (Å²) in [4.78, 5) is 17.1. The Morgan fingerprint density at radius 2 is 1.82 bits per heavy atom. The highest BCUT2D eigenvalue weighted by atomic mass is 127. The number of benzene rings is 3. The highest BCUT2D eigenvalue weighted by molar-refractivity contribution is 14.1. The minimum absolute atomic E-state index is 0.137. The van der Waals surface area contributed by atoms with Gasteiger partial charge in [-0.3, -0.25) is 4.79 Å². The highest BCUT2D eigenvalue weighted by Crippen LogP contribution is 2.28. The van der Waals surface area contributed by atoms with Crippen LogP contribution in [-0.4, -0.2) is 22.2 Å². The number of thiazole rings is 1. The van der Waals surface area contributed by atoms with E-state index in [1.807, 2.05) is 35.7 Å². The van der Waals surface area contributed by atoms with Crippen molar-refractivity contribution in [1.82, 2.24) is 10.4 Å². The van der Waals surface area contributed by atoms with Crippen LogP contribution in [0.1, 0.15) is 21.5 Å². The Labute approximate surface area is 222 Å². The maximum Gasteiger partial charge on any atom is 0.271 e. The number of nitrogens with zero attached hydrogens (tertiary/aromatic N) is 2. The Balaban J connectivity index is 1.39. The van der Waals surface area contributed by atoms with Crippen LogP contribution in [0.15, 0.2) is 71.1 Å². The van der Waals surface area contributed by atoms with Gasteiger partial charge in [0.25, 0.3) is 5.91 Å². The lowest BCUT2D eigenvalue weighted by atomic mass is 10.1. The van der Waals surface area contributed by atoms with Gasteiger partial charge < -0.3 is 10.4 Å². The van der Waals surface area contributed by atoms with Gasteiger partial charge >= 0.3 is 0 Å². The van der Waals surface area contributed by atoms with Crippen LogP contribution in [0.5, 0.6) is 5.75 Å². The van der Waals surface area contributed by atoms with Gasteiger partial charge in [0.05, 0.1) is 15.5 Å². The van der Waals surface area contributed by atoms with Crippen molar-refractivity contribution in [2.45, 2.75) is 6.92 Å². The molecule has 1 aromatic heterocycles. The minimum Gasteiger partial charge on any atom is -0.506 e. The zero-order chi connectivity index (χ0) is 23.4. The quantitative estimate of drug-likeness (QED) is 0.123. The lowest BCUT2D eigenvalue weighted by Gasteiger charge is -2.04. The Kier molecular flexibility index (Phi) is 7.60. The third-order valence-corrected chi connectivity index (χ3v) is 6.88. The number of aromatic hydroxyl groups is 1. The van der Waals surface area contributed by atoms with E-state index in [1.54, 1.807) is 18.2 Å². The molecule has 0 atom stereocenters. The number of halogens is 2. The number of phenolic OH excluding ortho intramolecular Hbond substituents is 1. The summed E-state index contributed by atoms with van der Waals surface area (Å²) in [6.07, 6.45) is 1.43. The molecule has 0 fully saturated rings. The number of carbonyl (C=O) groups excluding carboxylic acids is 1. The summed E-state index contributed by atoms with van der Waals surface area (Å²) in [5.74, 6) is -0.199. The van der Waals surface area contributed by atoms with E-state index in [0.29, 0.717) is 11.1 Å². The lowest BCUT2D eigenvalue weighted by Crippen LogP contribution is -2.17. The molecule has 1 heterocycles. The number of aryl methyl sites for hydroxylation is 1. The molecule has 0 aliphatic carbocycles. The number of hydrogen-bond acceptors (Lipinski definition) is 6. The van der Waals surface area contributed by atoms with E-state index in [-0.39, 0.29) is 11.7 Å². The molecule has 0 bridgehead atoms. The number of amides is 1. The molecule has 1 amide bonds. The van der Waals surface area contributed by atoms with Crippen LogP contribution in [0.4, 0.5) is 10.8 Å². The maximum atomic E-state index is 12.4. The molecule has 166 valence electrons. The van der Waals surface area contributed by atoms with E-state index < -0.39 is 0 Å². The molecule has 9 heteroatoms. The predicted octanol–water partition coefficient (Wildman–Crippen LogP) is 6.54. The fraction of sp³-hybridized carbons (Fsp3) is 0.0417. The van der Waals surface area contributed by atoms with Crippen LogP contribution >= 0.6 is 56.5 Å². The van der Waals surface area contributed by atoms with Crippen LogP contribution in [-0.2, 0) is 0 Å². The predicted molar refractivity (Wildman–Crippen MR) is 151 cm³/mol. The summed E-state index contributed by atoms with van der Waals surface area (Å²) in [6.45, 7) is 2.05. The molecule has 0 unspecified atom stereocenters. The Hall–Kier alpha value is -2.51. The maximum absolute atomic E-state index is 12.4. The van der Waals surface area contributed by atoms with Gasteiger partial charge in [0.1, 0.15) is 5.75 Å². The zero-order valence-corrected chi connectivity index (χ0v) is 22.5. The van der Waals surface area contributed by atoms with E-state index >= 15 is 0 Å². The summed E-state index contributed by atoms with van der Waals surface area (Å²) >= 11 is 5.74. The number of rotatable bonds is 6. The van der Waals surface area contributed by atoms with Crippen molar-refractivity contribution in [2.75, 3.05) is 5.32 Å². The first kappa shape index (κ1) is 23.6. The van der Waals surface area contributed by atoms with Gasteiger partial charge in [-0.25, -0.2) is 10.4 Å². The number of phenols is 1. The molecule has 0 radical (unpaired) electrons. The summed E-state index contributed by atoms with van der Waals surface area (Å²) in [5.41, 5.74) is 7.47. The van der Waals surface area contributed by atoms with E-state index in [1.165, 1.54) is 23.1 Å². The topological polar surface area (TPSA) is 86.6 Å². The monoisotopic (exact) mass is 680 g/mol. The SMILES string of the molecule is Cc1ccc(Nc2nc(-c3ccc(C(=O)N/N=C\c4cc(I)cc(I)c4O)cc3)cs2)cc1. The number of aromatic nitrogens is 1. The molecule has 0 spiro atoms.